The van der Waals surface area contributed by atoms with E-state index >= 15 is 0 Å². The average molecular weight is 345 g/mol. The van der Waals surface area contributed by atoms with Gasteiger partial charge in [0.1, 0.15) is 12.4 Å². The van der Waals surface area contributed by atoms with Crippen LogP contribution in [0.2, 0.25) is 0 Å². The number of amides is 1. The Balaban J connectivity index is 2.74. The number of hydrogen-bond donors (Lipinski definition) is 0. The molecule has 0 spiro atoms. The van der Waals surface area contributed by atoms with Crippen LogP contribution in [-0.2, 0) is 30.9 Å². The average Bonchev–Trinajstić information content (AvgIpc) is 2.53. The molecule has 130 valence electrons. The van der Waals surface area contributed by atoms with E-state index < -0.39 is 10.1 Å². The number of hydrogen-bond acceptors (Lipinski definition) is 6. The van der Waals surface area contributed by atoms with Crippen molar-refractivity contribution < 1.29 is 26.9 Å². The van der Waals surface area contributed by atoms with Crippen molar-refractivity contribution in [2.45, 2.75) is 13.5 Å². The maximum Gasteiger partial charge on any atom is 0.308 e. The largest absolute Gasteiger partial charge is 0.383 e. The normalized spacial score (nSPS) is 11.3. The number of methoxy groups -OCH3 is 2. The Morgan fingerprint density at radius 2 is 1.78 bits per heavy atom. The van der Waals surface area contributed by atoms with Crippen molar-refractivity contribution in [3.8, 4) is 5.75 Å². The second kappa shape index (κ2) is 9.49. The molecule has 1 rings (SSSR count). The molecule has 0 aromatic heterocycles. The van der Waals surface area contributed by atoms with Gasteiger partial charge in [0.25, 0.3) is 0 Å². The molecule has 0 atom stereocenters. The molecule has 0 heterocycles. The summed E-state index contributed by atoms with van der Waals surface area (Å²) in [4.78, 5) is 13.6. The minimum atomic E-state index is -3.54. The minimum Gasteiger partial charge on any atom is -0.383 e. The van der Waals surface area contributed by atoms with Crippen LogP contribution in [0.1, 0.15) is 12.5 Å². The SMILES string of the molecule is CCS(=O)(=O)Oc1ccc(CN(CCOC)C(=O)COC)cc1. The van der Waals surface area contributed by atoms with Gasteiger partial charge in [0.15, 0.2) is 0 Å². The monoisotopic (exact) mass is 345 g/mol. The van der Waals surface area contributed by atoms with Gasteiger partial charge in [0, 0.05) is 27.3 Å². The van der Waals surface area contributed by atoms with Crippen molar-refractivity contribution in [1.29, 1.82) is 0 Å². The summed E-state index contributed by atoms with van der Waals surface area (Å²) < 4.78 is 37.6. The summed E-state index contributed by atoms with van der Waals surface area (Å²) in [5.41, 5.74) is 0.854. The van der Waals surface area contributed by atoms with Crippen molar-refractivity contribution in [2.75, 3.05) is 39.7 Å². The van der Waals surface area contributed by atoms with Crippen LogP contribution in [0, 0.1) is 0 Å². The van der Waals surface area contributed by atoms with Crippen LogP contribution in [0.25, 0.3) is 0 Å². The van der Waals surface area contributed by atoms with E-state index in [1.165, 1.54) is 14.0 Å². The van der Waals surface area contributed by atoms with Crippen molar-refractivity contribution in [1.82, 2.24) is 4.90 Å². The van der Waals surface area contributed by atoms with E-state index in [4.69, 9.17) is 13.7 Å². The standard InChI is InChI=1S/C15H23NO6S/c1-4-23(18,19)22-14-7-5-13(6-8-14)11-16(9-10-20-2)15(17)12-21-3/h5-8H,4,9-12H2,1-3H3. The third-order valence-corrected chi connectivity index (χ3v) is 4.21. The number of nitrogens with zero attached hydrogens (tertiary/aromatic N) is 1. The number of carbonyl (C=O) groups excluding carboxylic acids is 1. The first-order chi connectivity index (χ1) is 10.9. The van der Waals surface area contributed by atoms with Crippen LogP contribution in [0.15, 0.2) is 24.3 Å². The lowest BCUT2D eigenvalue weighted by molar-refractivity contribution is -0.136. The molecule has 8 heteroatoms. The topological polar surface area (TPSA) is 82.1 Å². The maximum atomic E-state index is 12.0. The van der Waals surface area contributed by atoms with E-state index in [0.29, 0.717) is 19.7 Å². The highest BCUT2D eigenvalue weighted by molar-refractivity contribution is 7.87. The fourth-order valence-corrected chi connectivity index (χ4v) is 2.31. The molecule has 0 bridgehead atoms. The van der Waals surface area contributed by atoms with Gasteiger partial charge >= 0.3 is 10.1 Å². The van der Waals surface area contributed by atoms with Crippen molar-refractivity contribution in [2.24, 2.45) is 0 Å². The number of benzene rings is 1. The smallest absolute Gasteiger partial charge is 0.308 e. The van der Waals surface area contributed by atoms with E-state index in [2.05, 4.69) is 0 Å². The van der Waals surface area contributed by atoms with E-state index in [1.54, 1.807) is 36.3 Å². The molecule has 0 aliphatic carbocycles. The van der Waals surface area contributed by atoms with Gasteiger partial charge in [0.2, 0.25) is 5.91 Å². The molecule has 1 aromatic carbocycles. The van der Waals surface area contributed by atoms with E-state index in [1.807, 2.05) is 0 Å². The van der Waals surface area contributed by atoms with E-state index in [9.17, 15) is 13.2 Å². The molecule has 0 N–H and O–H groups in total. The second-order valence-electron chi connectivity index (χ2n) is 4.81. The lowest BCUT2D eigenvalue weighted by Crippen LogP contribution is -2.35. The van der Waals surface area contributed by atoms with Crippen LogP contribution in [0.3, 0.4) is 0 Å². The molecule has 0 saturated carbocycles. The second-order valence-corrected chi connectivity index (χ2v) is 6.67. The Bertz CT molecular complexity index is 584. The molecule has 0 saturated heterocycles. The highest BCUT2D eigenvalue weighted by Crippen LogP contribution is 2.16. The molecule has 1 aromatic rings. The first-order valence-corrected chi connectivity index (χ1v) is 8.76. The summed E-state index contributed by atoms with van der Waals surface area (Å²) in [6, 6.07) is 6.58. The Morgan fingerprint density at radius 3 is 2.30 bits per heavy atom. The zero-order valence-corrected chi connectivity index (χ0v) is 14.5. The van der Waals surface area contributed by atoms with Gasteiger partial charge in [-0.15, -0.1) is 0 Å². The summed E-state index contributed by atoms with van der Waals surface area (Å²) in [5.74, 6) is 0.0196. The first kappa shape index (κ1) is 19.4. The zero-order chi connectivity index (χ0) is 17.3. The van der Waals surface area contributed by atoms with Crippen LogP contribution >= 0.6 is 0 Å². The molecule has 0 fully saturated rings. The Kier molecular flexibility index (Phi) is 8.01. The third kappa shape index (κ3) is 6.98. The van der Waals surface area contributed by atoms with Gasteiger partial charge < -0.3 is 18.6 Å². The van der Waals surface area contributed by atoms with Gasteiger partial charge in [-0.3, -0.25) is 4.79 Å². The summed E-state index contributed by atoms with van der Waals surface area (Å²) in [6.45, 7) is 2.76. The number of ether oxygens (including phenoxy) is 2. The molecule has 7 nitrogen and oxygen atoms in total. The van der Waals surface area contributed by atoms with Gasteiger partial charge in [-0.05, 0) is 24.6 Å². The van der Waals surface area contributed by atoms with Crippen molar-refractivity contribution in [3.63, 3.8) is 0 Å². The first-order valence-electron chi connectivity index (χ1n) is 7.18. The molecule has 0 aliphatic rings. The Morgan fingerprint density at radius 1 is 1.13 bits per heavy atom. The molecule has 23 heavy (non-hydrogen) atoms. The Labute approximate surface area is 137 Å². The molecular weight excluding hydrogens is 322 g/mol. The lowest BCUT2D eigenvalue weighted by Gasteiger charge is -2.22. The highest BCUT2D eigenvalue weighted by atomic mass is 32.2. The summed E-state index contributed by atoms with van der Waals surface area (Å²) in [7, 11) is -0.505. The number of rotatable bonds is 10. The van der Waals surface area contributed by atoms with Crippen LogP contribution in [-0.4, -0.2) is 59.0 Å². The fourth-order valence-electron chi connectivity index (χ4n) is 1.78. The molecule has 0 aliphatic heterocycles. The summed E-state index contributed by atoms with van der Waals surface area (Å²) >= 11 is 0. The molecular formula is C15H23NO6S. The van der Waals surface area contributed by atoms with E-state index in [0.717, 1.165) is 5.56 Å². The van der Waals surface area contributed by atoms with Crippen LogP contribution in [0.4, 0.5) is 0 Å². The van der Waals surface area contributed by atoms with Gasteiger partial charge in [-0.2, -0.15) is 8.42 Å². The van der Waals surface area contributed by atoms with Crippen LogP contribution in [0.5, 0.6) is 5.75 Å². The van der Waals surface area contributed by atoms with E-state index in [-0.39, 0.29) is 24.0 Å². The number of carbonyl (C=O) groups is 1. The minimum absolute atomic E-state index is 0.000345. The predicted octanol–water partition coefficient (Wildman–Crippen LogP) is 1.04. The summed E-state index contributed by atoms with van der Waals surface area (Å²) in [6.07, 6.45) is 0. The Hall–Kier alpha value is -1.64. The molecule has 0 radical (unpaired) electrons. The lowest BCUT2D eigenvalue weighted by atomic mass is 10.2. The quantitative estimate of drug-likeness (QED) is 0.589. The van der Waals surface area contributed by atoms with Gasteiger partial charge in [-0.1, -0.05) is 12.1 Å². The zero-order valence-electron chi connectivity index (χ0n) is 13.6. The van der Waals surface area contributed by atoms with Crippen LogP contribution < -0.4 is 4.18 Å². The molecule has 0 unspecified atom stereocenters. The third-order valence-electron chi connectivity index (χ3n) is 3.06. The van der Waals surface area contributed by atoms with Crippen molar-refractivity contribution in [3.05, 3.63) is 29.8 Å². The maximum absolute atomic E-state index is 12.0. The fraction of sp³-hybridized carbons (Fsp3) is 0.533. The predicted molar refractivity (Wildman–Crippen MR) is 85.7 cm³/mol. The van der Waals surface area contributed by atoms with Gasteiger partial charge in [0.05, 0.1) is 12.4 Å². The summed E-state index contributed by atoms with van der Waals surface area (Å²) in [5, 5.41) is 0. The highest BCUT2D eigenvalue weighted by Gasteiger charge is 2.14. The van der Waals surface area contributed by atoms with Crippen molar-refractivity contribution >= 4 is 16.0 Å². The van der Waals surface area contributed by atoms with Gasteiger partial charge in [-0.25, -0.2) is 0 Å². The molecule has 1 amide bonds.